The second-order valence-corrected chi connectivity index (χ2v) is 6.85. The summed E-state index contributed by atoms with van der Waals surface area (Å²) in [6.45, 7) is 0. The van der Waals surface area contributed by atoms with Crippen LogP contribution in [-0.2, 0) is 4.79 Å². The Balaban J connectivity index is 1.61. The third-order valence-electron chi connectivity index (χ3n) is 3.92. The molecular formula is C17H11ClN2O2S. The van der Waals surface area contributed by atoms with Crippen molar-refractivity contribution in [2.24, 2.45) is 0 Å². The van der Waals surface area contributed by atoms with Crippen molar-refractivity contribution in [3.63, 3.8) is 0 Å². The van der Waals surface area contributed by atoms with Crippen molar-refractivity contribution in [1.82, 2.24) is 4.98 Å². The van der Waals surface area contributed by atoms with Gasteiger partial charge in [0.25, 0.3) is 0 Å². The minimum atomic E-state index is -0.450. The van der Waals surface area contributed by atoms with Crippen LogP contribution in [0.5, 0.6) is 0 Å². The maximum atomic E-state index is 12.5. The summed E-state index contributed by atoms with van der Waals surface area (Å²) in [4.78, 5) is 28.9. The molecule has 0 bridgehead atoms. The Morgan fingerprint density at radius 3 is 2.96 bits per heavy atom. The molecule has 4 rings (SSSR count). The van der Waals surface area contributed by atoms with Crippen LogP contribution in [0.2, 0.25) is 5.02 Å². The number of thiazole rings is 1. The maximum absolute atomic E-state index is 12.5. The molecule has 0 spiro atoms. The molecule has 1 aromatic heterocycles. The number of carbonyl (C=O) groups is 2. The van der Waals surface area contributed by atoms with E-state index >= 15 is 0 Å². The number of halogens is 1. The van der Waals surface area contributed by atoms with Crippen molar-refractivity contribution in [2.75, 3.05) is 5.32 Å². The van der Waals surface area contributed by atoms with E-state index in [1.54, 1.807) is 12.1 Å². The smallest absolute Gasteiger partial charge is 0.234 e. The average Bonchev–Trinajstić information content (AvgIpc) is 3.08. The first kappa shape index (κ1) is 14.4. The number of rotatable bonds is 2. The van der Waals surface area contributed by atoms with Gasteiger partial charge in [-0.3, -0.25) is 9.59 Å². The molecule has 0 saturated heterocycles. The second kappa shape index (κ2) is 5.44. The lowest BCUT2D eigenvalue weighted by atomic mass is 10.0. The summed E-state index contributed by atoms with van der Waals surface area (Å²) in [5.74, 6) is -0.639. The molecule has 1 aliphatic carbocycles. The Labute approximate surface area is 141 Å². The van der Waals surface area contributed by atoms with Crippen LogP contribution in [0.15, 0.2) is 42.5 Å². The molecule has 0 aliphatic heterocycles. The highest BCUT2D eigenvalue weighted by Crippen LogP contribution is 2.35. The molecule has 114 valence electrons. The van der Waals surface area contributed by atoms with E-state index in [-0.39, 0.29) is 18.1 Å². The topological polar surface area (TPSA) is 59.1 Å². The molecular weight excluding hydrogens is 332 g/mol. The maximum Gasteiger partial charge on any atom is 0.234 e. The number of benzene rings is 2. The summed E-state index contributed by atoms with van der Waals surface area (Å²) in [5, 5.41) is 3.98. The van der Waals surface area contributed by atoms with Gasteiger partial charge in [0.15, 0.2) is 10.9 Å². The van der Waals surface area contributed by atoms with Crippen LogP contribution in [0.1, 0.15) is 28.3 Å². The predicted molar refractivity (Wildman–Crippen MR) is 91.4 cm³/mol. The van der Waals surface area contributed by atoms with Crippen molar-refractivity contribution < 1.29 is 9.59 Å². The van der Waals surface area contributed by atoms with Crippen LogP contribution in [0.3, 0.4) is 0 Å². The number of nitrogens with zero attached hydrogens (tertiary/aromatic N) is 1. The largest absolute Gasteiger partial charge is 0.301 e. The molecule has 0 radical (unpaired) electrons. The van der Waals surface area contributed by atoms with E-state index in [1.807, 2.05) is 30.3 Å². The zero-order valence-corrected chi connectivity index (χ0v) is 13.4. The van der Waals surface area contributed by atoms with Crippen molar-refractivity contribution in [2.45, 2.75) is 12.3 Å². The molecule has 1 N–H and O–H groups in total. The van der Waals surface area contributed by atoms with Gasteiger partial charge in [0.1, 0.15) is 0 Å². The number of hydrogen-bond acceptors (Lipinski definition) is 4. The van der Waals surface area contributed by atoms with Crippen LogP contribution in [0.25, 0.3) is 10.2 Å². The fourth-order valence-corrected chi connectivity index (χ4v) is 3.98. The van der Waals surface area contributed by atoms with Gasteiger partial charge < -0.3 is 5.32 Å². The third-order valence-corrected chi connectivity index (χ3v) is 5.09. The summed E-state index contributed by atoms with van der Waals surface area (Å²) < 4.78 is 0.913. The van der Waals surface area contributed by atoms with E-state index in [2.05, 4.69) is 10.3 Å². The summed E-state index contributed by atoms with van der Waals surface area (Å²) in [7, 11) is 0. The predicted octanol–water partition coefficient (Wildman–Crippen LogP) is 4.26. The Kier molecular flexibility index (Phi) is 3.39. The fraction of sp³-hybridized carbons (Fsp3) is 0.118. The Morgan fingerprint density at radius 1 is 1.26 bits per heavy atom. The van der Waals surface area contributed by atoms with Crippen LogP contribution < -0.4 is 5.32 Å². The monoisotopic (exact) mass is 342 g/mol. The molecule has 0 fully saturated rings. The lowest BCUT2D eigenvalue weighted by molar-refractivity contribution is -0.117. The second-order valence-electron chi connectivity index (χ2n) is 5.39. The van der Waals surface area contributed by atoms with Crippen molar-refractivity contribution in [3.8, 4) is 0 Å². The summed E-state index contributed by atoms with van der Waals surface area (Å²) >= 11 is 7.33. The van der Waals surface area contributed by atoms with Gasteiger partial charge >= 0.3 is 0 Å². The van der Waals surface area contributed by atoms with Crippen molar-refractivity contribution >= 4 is 50.0 Å². The van der Waals surface area contributed by atoms with Crippen LogP contribution in [-0.4, -0.2) is 16.7 Å². The highest BCUT2D eigenvalue weighted by atomic mass is 35.5. The number of anilines is 1. The molecule has 0 saturated carbocycles. The minimum Gasteiger partial charge on any atom is -0.301 e. The highest BCUT2D eigenvalue weighted by molar-refractivity contribution is 7.22. The van der Waals surface area contributed by atoms with Gasteiger partial charge in [-0.05, 0) is 23.8 Å². The Hall–Kier alpha value is -2.24. The fourth-order valence-electron chi connectivity index (χ4n) is 2.84. The summed E-state index contributed by atoms with van der Waals surface area (Å²) in [6.07, 6.45) is 0.210. The standard InChI is InChI=1S/C17H11ClN2O2S/c18-9-5-6-13-15(7-9)23-17(19-13)20-16(22)12-8-14(21)11-4-2-1-3-10(11)12/h1-7,12H,8H2,(H,19,20,22)/t12-/m1/s1. The molecule has 6 heteroatoms. The van der Waals surface area contributed by atoms with E-state index in [4.69, 9.17) is 11.6 Å². The van der Waals surface area contributed by atoms with E-state index in [9.17, 15) is 9.59 Å². The van der Waals surface area contributed by atoms with Crippen LogP contribution >= 0.6 is 22.9 Å². The van der Waals surface area contributed by atoms with E-state index < -0.39 is 5.92 Å². The number of carbonyl (C=O) groups excluding carboxylic acids is 2. The molecule has 23 heavy (non-hydrogen) atoms. The zero-order valence-electron chi connectivity index (χ0n) is 11.9. The molecule has 2 aromatic carbocycles. The lowest BCUT2D eigenvalue weighted by Crippen LogP contribution is -2.19. The summed E-state index contributed by atoms with van der Waals surface area (Å²) in [6, 6.07) is 12.7. The molecule has 4 nitrogen and oxygen atoms in total. The van der Waals surface area contributed by atoms with E-state index in [1.165, 1.54) is 11.3 Å². The number of fused-ring (bicyclic) bond motifs is 2. The minimum absolute atomic E-state index is 0.0110. The quantitative estimate of drug-likeness (QED) is 0.757. The molecule has 0 unspecified atom stereocenters. The molecule has 1 heterocycles. The third kappa shape index (κ3) is 2.52. The van der Waals surface area contributed by atoms with Gasteiger partial charge in [-0.15, -0.1) is 0 Å². The van der Waals surface area contributed by atoms with Crippen LogP contribution in [0.4, 0.5) is 5.13 Å². The van der Waals surface area contributed by atoms with Gasteiger partial charge in [0.05, 0.1) is 16.1 Å². The first-order valence-electron chi connectivity index (χ1n) is 7.11. The van der Waals surface area contributed by atoms with Gasteiger partial charge in [-0.2, -0.15) is 0 Å². The zero-order chi connectivity index (χ0) is 16.0. The van der Waals surface area contributed by atoms with E-state index in [0.717, 1.165) is 15.8 Å². The Morgan fingerprint density at radius 2 is 2.09 bits per heavy atom. The average molecular weight is 343 g/mol. The van der Waals surface area contributed by atoms with Gasteiger partial charge in [-0.25, -0.2) is 4.98 Å². The number of ketones is 1. The SMILES string of the molecule is O=C1C[C@@H](C(=O)Nc2nc3ccc(Cl)cc3s2)c2ccccc21. The number of aromatic nitrogens is 1. The molecule has 1 amide bonds. The normalized spacial score (nSPS) is 16.6. The molecule has 1 aliphatic rings. The lowest BCUT2D eigenvalue weighted by Gasteiger charge is -2.09. The Bertz CT molecular complexity index is 951. The highest BCUT2D eigenvalue weighted by Gasteiger charge is 2.34. The van der Waals surface area contributed by atoms with Gasteiger partial charge in [-0.1, -0.05) is 47.2 Å². The van der Waals surface area contributed by atoms with Gasteiger partial charge in [0.2, 0.25) is 5.91 Å². The first-order valence-corrected chi connectivity index (χ1v) is 8.30. The number of Topliss-reactive ketones (excluding diaryl/α,β-unsaturated/α-hetero) is 1. The number of amides is 1. The molecule has 3 aromatic rings. The van der Waals surface area contributed by atoms with Crippen molar-refractivity contribution in [3.05, 3.63) is 58.6 Å². The van der Waals surface area contributed by atoms with Crippen LogP contribution in [0, 0.1) is 0 Å². The number of hydrogen-bond donors (Lipinski definition) is 1. The molecule has 1 atom stereocenters. The first-order chi connectivity index (χ1) is 11.1. The van der Waals surface area contributed by atoms with Crippen molar-refractivity contribution in [1.29, 1.82) is 0 Å². The van der Waals surface area contributed by atoms with E-state index in [0.29, 0.717) is 15.7 Å². The number of nitrogens with one attached hydrogen (secondary N) is 1. The summed E-state index contributed by atoms with van der Waals surface area (Å²) in [5.41, 5.74) is 2.22. The van der Waals surface area contributed by atoms with Gasteiger partial charge in [0, 0.05) is 17.0 Å².